The van der Waals surface area contributed by atoms with Crippen LogP contribution in [-0.2, 0) is 13.2 Å². The van der Waals surface area contributed by atoms with Gasteiger partial charge in [0.05, 0.1) is 0 Å². The predicted molar refractivity (Wildman–Crippen MR) is 130 cm³/mol. The van der Waals surface area contributed by atoms with E-state index in [4.69, 9.17) is 9.47 Å². The Balaban J connectivity index is 1.79. The molecule has 0 bridgehead atoms. The predicted octanol–water partition coefficient (Wildman–Crippen LogP) is 7.24. The second-order valence-corrected chi connectivity index (χ2v) is 7.33. The van der Waals surface area contributed by atoms with Gasteiger partial charge in [0.2, 0.25) is 0 Å². The first-order valence-corrected chi connectivity index (χ1v) is 10.5. The van der Waals surface area contributed by atoms with Gasteiger partial charge in [-0.2, -0.15) is 0 Å². The second kappa shape index (κ2) is 11.6. The van der Waals surface area contributed by atoms with Crippen LogP contribution in [0, 0.1) is 0 Å². The minimum Gasteiger partial charge on any atom is -0.489 e. The maximum absolute atomic E-state index is 6.21. The lowest BCUT2D eigenvalue weighted by Crippen LogP contribution is -2.02. The molecule has 0 saturated carbocycles. The zero-order valence-electron chi connectivity index (χ0n) is 18.3. The fraction of sp³-hybridized carbons (Fsp3) is 0.179. The zero-order valence-corrected chi connectivity index (χ0v) is 18.3. The Hall–Kier alpha value is -3.59. The molecule has 3 aromatic rings. The van der Waals surface area contributed by atoms with Gasteiger partial charge in [-0.05, 0) is 42.7 Å². The van der Waals surface area contributed by atoms with Gasteiger partial charge in [0.25, 0.3) is 0 Å². The maximum atomic E-state index is 6.21. The molecule has 0 saturated heterocycles. The van der Waals surface area contributed by atoms with Crippen LogP contribution in [0.15, 0.2) is 103 Å². The molecule has 0 N–H and O–H groups in total. The largest absolute Gasteiger partial charge is 0.489 e. The molecule has 0 atom stereocenters. The second-order valence-electron chi connectivity index (χ2n) is 7.33. The molecule has 0 heterocycles. The van der Waals surface area contributed by atoms with E-state index < -0.39 is 0 Å². The fourth-order valence-electron chi connectivity index (χ4n) is 3.13. The van der Waals surface area contributed by atoms with E-state index in [0.717, 1.165) is 39.5 Å². The highest BCUT2D eigenvalue weighted by atomic mass is 16.5. The summed E-state index contributed by atoms with van der Waals surface area (Å²) >= 11 is 0. The quantitative estimate of drug-likeness (QED) is 0.329. The number of allylic oxidation sites excluding steroid dienone is 2. The van der Waals surface area contributed by atoms with Gasteiger partial charge in [-0.3, -0.25) is 4.99 Å². The van der Waals surface area contributed by atoms with Gasteiger partial charge in [0.15, 0.2) is 0 Å². The third kappa shape index (κ3) is 7.00. The standard InChI is InChI=1S/C28H29NO2/c1-4-17-29-23(3)18-22(2)27-16-15-26(30-20-24-11-7-5-8-12-24)19-28(27)31-21-25-13-9-6-10-14-25/h4-17,19H,2,18,20-21H2,1,3H3/b17-4-,29-23?. The molecule has 3 aromatic carbocycles. The maximum Gasteiger partial charge on any atom is 0.130 e. The van der Waals surface area contributed by atoms with E-state index >= 15 is 0 Å². The molecule has 0 aliphatic heterocycles. The minimum absolute atomic E-state index is 0.481. The van der Waals surface area contributed by atoms with Crippen LogP contribution >= 0.6 is 0 Å². The number of hydrogen-bond acceptors (Lipinski definition) is 3. The van der Waals surface area contributed by atoms with Crippen LogP contribution in [0.3, 0.4) is 0 Å². The highest BCUT2D eigenvalue weighted by Gasteiger charge is 2.11. The number of benzene rings is 3. The van der Waals surface area contributed by atoms with Crippen molar-refractivity contribution in [3.05, 3.63) is 114 Å². The monoisotopic (exact) mass is 411 g/mol. The SMILES string of the molecule is C=C(CC(C)=N/C=C\C)c1ccc(OCc2ccccc2)cc1OCc1ccccc1. The van der Waals surface area contributed by atoms with E-state index in [0.29, 0.717) is 19.6 Å². The first-order valence-electron chi connectivity index (χ1n) is 10.5. The molecule has 3 rings (SSSR count). The van der Waals surface area contributed by atoms with Crippen molar-refractivity contribution in [3.63, 3.8) is 0 Å². The van der Waals surface area contributed by atoms with Crippen molar-refractivity contribution in [1.82, 2.24) is 0 Å². The van der Waals surface area contributed by atoms with Crippen molar-refractivity contribution >= 4 is 11.3 Å². The van der Waals surface area contributed by atoms with Crippen molar-refractivity contribution < 1.29 is 9.47 Å². The highest BCUT2D eigenvalue weighted by molar-refractivity contribution is 5.93. The molecule has 0 radical (unpaired) electrons. The average molecular weight is 412 g/mol. The number of ether oxygens (including phenoxy) is 2. The zero-order chi connectivity index (χ0) is 21.9. The first-order chi connectivity index (χ1) is 15.2. The summed E-state index contributed by atoms with van der Waals surface area (Å²) < 4.78 is 12.2. The molecule has 31 heavy (non-hydrogen) atoms. The van der Waals surface area contributed by atoms with E-state index in [1.165, 1.54) is 0 Å². The summed E-state index contributed by atoms with van der Waals surface area (Å²) in [5.41, 5.74) is 5.17. The van der Waals surface area contributed by atoms with Crippen molar-refractivity contribution in [3.8, 4) is 11.5 Å². The summed E-state index contributed by atoms with van der Waals surface area (Å²) in [5, 5.41) is 0. The van der Waals surface area contributed by atoms with Gasteiger partial charge in [-0.1, -0.05) is 73.3 Å². The van der Waals surface area contributed by atoms with Crippen LogP contribution in [-0.4, -0.2) is 5.71 Å². The Morgan fingerprint density at radius 3 is 2.10 bits per heavy atom. The Labute approximate surface area is 185 Å². The van der Waals surface area contributed by atoms with Crippen molar-refractivity contribution in [2.45, 2.75) is 33.5 Å². The molecular formula is C28H29NO2. The minimum atomic E-state index is 0.481. The molecule has 0 unspecified atom stereocenters. The number of nitrogens with zero attached hydrogens (tertiary/aromatic N) is 1. The molecule has 3 nitrogen and oxygen atoms in total. The average Bonchev–Trinajstić information content (AvgIpc) is 2.81. The number of aliphatic imine (C=N–C) groups is 1. The van der Waals surface area contributed by atoms with Crippen LogP contribution in [0.1, 0.15) is 37.0 Å². The van der Waals surface area contributed by atoms with Crippen molar-refractivity contribution in [2.24, 2.45) is 4.99 Å². The molecule has 0 aromatic heterocycles. The normalized spacial score (nSPS) is 11.5. The Morgan fingerprint density at radius 2 is 1.48 bits per heavy atom. The molecule has 158 valence electrons. The summed E-state index contributed by atoms with van der Waals surface area (Å²) in [6.07, 6.45) is 4.39. The van der Waals surface area contributed by atoms with Gasteiger partial charge >= 0.3 is 0 Å². The van der Waals surface area contributed by atoms with E-state index in [9.17, 15) is 0 Å². The van der Waals surface area contributed by atoms with Crippen LogP contribution in [0.5, 0.6) is 11.5 Å². The lowest BCUT2D eigenvalue weighted by atomic mass is 10.0. The van der Waals surface area contributed by atoms with Gasteiger partial charge in [-0.15, -0.1) is 0 Å². The topological polar surface area (TPSA) is 30.8 Å². The Kier molecular flexibility index (Phi) is 8.24. The lowest BCUT2D eigenvalue weighted by Gasteiger charge is -2.16. The van der Waals surface area contributed by atoms with E-state index in [1.807, 2.05) is 74.5 Å². The third-order valence-electron chi connectivity index (χ3n) is 4.73. The summed E-state index contributed by atoms with van der Waals surface area (Å²) in [6.45, 7) is 9.24. The molecule has 0 fully saturated rings. The van der Waals surface area contributed by atoms with Gasteiger partial charge in [-0.25, -0.2) is 0 Å². The number of rotatable bonds is 10. The Morgan fingerprint density at radius 1 is 0.871 bits per heavy atom. The smallest absolute Gasteiger partial charge is 0.130 e. The third-order valence-corrected chi connectivity index (χ3v) is 4.73. The molecule has 3 heteroatoms. The van der Waals surface area contributed by atoms with Crippen LogP contribution in [0.25, 0.3) is 5.57 Å². The van der Waals surface area contributed by atoms with Gasteiger partial charge in [0.1, 0.15) is 24.7 Å². The summed E-state index contributed by atoms with van der Waals surface area (Å²) in [4.78, 5) is 4.42. The van der Waals surface area contributed by atoms with Crippen LogP contribution in [0.2, 0.25) is 0 Å². The summed E-state index contributed by atoms with van der Waals surface area (Å²) in [5.74, 6) is 1.53. The molecular weight excluding hydrogens is 382 g/mol. The van der Waals surface area contributed by atoms with Crippen molar-refractivity contribution in [2.75, 3.05) is 0 Å². The lowest BCUT2D eigenvalue weighted by molar-refractivity contribution is 0.289. The molecule has 0 aliphatic rings. The van der Waals surface area contributed by atoms with Gasteiger partial charge in [0, 0.05) is 30.0 Å². The summed E-state index contributed by atoms with van der Waals surface area (Å²) in [6, 6.07) is 26.2. The van der Waals surface area contributed by atoms with E-state index in [1.54, 1.807) is 6.20 Å². The van der Waals surface area contributed by atoms with Crippen LogP contribution < -0.4 is 9.47 Å². The van der Waals surface area contributed by atoms with Crippen molar-refractivity contribution in [1.29, 1.82) is 0 Å². The highest BCUT2D eigenvalue weighted by Crippen LogP contribution is 2.32. The van der Waals surface area contributed by atoms with Crippen LogP contribution in [0.4, 0.5) is 0 Å². The fourth-order valence-corrected chi connectivity index (χ4v) is 3.13. The van der Waals surface area contributed by atoms with E-state index in [2.05, 4.69) is 35.8 Å². The first kappa shape index (κ1) is 22.1. The molecule has 0 aliphatic carbocycles. The Bertz CT molecular complexity index is 1040. The number of hydrogen-bond donors (Lipinski definition) is 0. The summed E-state index contributed by atoms with van der Waals surface area (Å²) in [7, 11) is 0. The molecule has 0 amide bonds. The van der Waals surface area contributed by atoms with Gasteiger partial charge < -0.3 is 9.47 Å². The molecule has 0 spiro atoms. The van der Waals surface area contributed by atoms with E-state index in [-0.39, 0.29) is 0 Å².